The summed E-state index contributed by atoms with van der Waals surface area (Å²) in [6.07, 6.45) is 0. The Morgan fingerprint density at radius 3 is 2.67 bits per heavy atom. The van der Waals surface area contributed by atoms with Crippen LogP contribution in [0.4, 0.5) is 0 Å². The van der Waals surface area contributed by atoms with Gasteiger partial charge in [0, 0.05) is 18.5 Å². The number of hydrogen-bond donors (Lipinski definition) is 0. The van der Waals surface area contributed by atoms with E-state index in [1.165, 1.54) is 22.9 Å². The van der Waals surface area contributed by atoms with Crippen LogP contribution in [-0.2, 0) is 11.3 Å². The molecule has 0 bridgehead atoms. The zero-order valence-electron chi connectivity index (χ0n) is 14.0. The molecule has 1 amide bonds. The molecule has 24 heavy (non-hydrogen) atoms. The van der Waals surface area contributed by atoms with Crippen LogP contribution in [0.2, 0.25) is 0 Å². The topological polar surface area (TPSA) is 38.8 Å². The number of nitrogens with zero attached hydrogens (tertiary/aromatic N) is 1. The molecule has 0 N–H and O–H groups in total. The van der Waals surface area contributed by atoms with Crippen molar-refractivity contribution in [1.82, 2.24) is 4.90 Å². The third-order valence-corrected chi connectivity index (χ3v) is 4.95. The van der Waals surface area contributed by atoms with Gasteiger partial charge in [0.15, 0.2) is 11.5 Å². The molecule has 0 atom stereocenters. The fraction of sp³-hybridized carbons (Fsp3) is 0.316. The average molecular weight is 343 g/mol. The molecule has 2 aromatic carbocycles. The predicted octanol–water partition coefficient (Wildman–Crippen LogP) is 3.52. The van der Waals surface area contributed by atoms with Gasteiger partial charge in [0.25, 0.3) is 0 Å². The van der Waals surface area contributed by atoms with E-state index in [2.05, 4.69) is 19.1 Å². The first kappa shape index (κ1) is 16.7. The van der Waals surface area contributed by atoms with E-state index in [1.54, 1.807) is 4.90 Å². The maximum atomic E-state index is 12.4. The van der Waals surface area contributed by atoms with E-state index < -0.39 is 0 Å². The first-order valence-corrected chi connectivity index (χ1v) is 8.93. The van der Waals surface area contributed by atoms with E-state index in [0.717, 1.165) is 16.4 Å². The monoisotopic (exact) mass is 343 g/mol. The fourth-order valence-corrected chi connectivity index (χ4v) is 3.37. The van der Waals surface area contributed by atoms with Crippen molar-refractivity contribution >= 4 is 17.7 Å². The SMILES string of the molecule is Cc1ccccc1CN(C)C(=O)CSc1ccc2c(c1)OCCO2. The van der Waals surface area contributed by atoms with Crippen molar-refractivity contribution in [2.75, 3.05) is 26.0 Å². The lowest BCUT2D eigenvalue weighted by Crippen LogP contribution is -2.28. The summed E-state index contributed by atoms with van der Waals surface area (Å²) in [6.45, 7) is 3.85. The number of hydrogen-bond acceptors (Lipinski definition) is 4. The Hall–Kier alpha value is -2.14. The Morgan fingerprint density at radius 1 is 1.12 bits per heavy atom. The zero-order valence-corrected chi connectivity index (χ0v) is 14.8. The van der Waals surface area contributed by atoms with Crippen LogP contribution in [0.25, 0.3) is 0 Å². The summed E-state index contributed by atoms with van der Waals surface area (Å²) in [6, 6.07) is 14.0. The van der Waals surface area contributed by atoms with Gasteiger partial charge in [0.1, 0.15) is 13.2 Å². The highest BCUT2D eigenvalue weighted by Crippen LogP contribution is 2.34. The summed E-state index contributed by atoms with van der Waals surface area (Å²) in [5.41, 5.74) is 2.38. The molecule has 0 saturated carbocycles. The van der Waals surface area contributed by atoms with Crippen LogP contribution >= 0.6 is 11.8 Å². The van der Waals surface area contributed by atoms with Crippen LogP contribution in [0.5, 0.6) is 11.5 Å². The van der Waals surface area contributed by atoms with Crippen LogP contribution < -0.4 is 9.47 Å². The zero-order chi connectivity index (χ0) is 16.9. The Balaban J connectivity index is 1.56. The van der Waals surface area contributed by atoms with Crippen LogP contribution in [-0.4, -0.2) is 36.8 Å². The Labute approximate surface area is 146 Å². The summed E-state index contributed by atoms with van der Waals surface area (Å²) >= 11 is 1.52. The minimum Gasteiger partial charge on any atom is -0.486 e. The van der Waals surface area contributed by atoms with Gasteiger partial charge in [-0.25, -0.2) is 0 Å². The average Bonchev–Trinajstić information content (AvgIpc) is 2.61. The maximum Gasteiger partial charge on any atom is 0.232 e. The fourth-order valence-electron chi connectivity index (χ4n) is 2.50. The van der Waals surface area contributed by atoms with E-state index in [1.807, 2.05) is 37.4 Å². The lowest BCUT2D eigenvalue weighted by Gasteiger charge is -2.20. The van der Waals surface area contributed by atoms with E-state index >= 15 is 0 Å². The van der Waals surface area contributed by atoms with E-state index in [4.69, 9.17) is 9.47 Å². The van der Waals surface area contributed by atoms with Crippen molar-refractivity contribution < 1.29 is 14.3 Å². The van der Waals surface area contributed by atoms with Crippen LogP contribution in [0, 0.1) is 6.92 Å². The second-order valence-electron chi connectivity index (χ2n) is 5.77. The Bertz CT molecular complexity index is 732. The lowest BCUT2D eigenvalue weighted by molar-refractivity contribution is -0.127. The number of thioether (sulfide) groups is 1. The molecule has 1 aliphatic heterocycles. The number of carbonyl (C=O) groups is 1. The highest BCUT2D eigenvalue weighted by Gasteiger charge is 2.14. The van der Waals surface area contributed by atoms with Crippen molar-refractivity contribution in [3.8, 4) is 11.5 Å². The van der Waals surface area contributed by atoms with Gasteiger partial charge >= 0.3 is 0 Å². The second kappa shape index (κ2) is 7.62. The second-order valence-corrected chi connectivity index (χ2v) is 6.82. The number of ether oxygens (including phenoxy) is 2. The molecule has 0 aromatic heterocycles. The summed E-state index contributed by atoms with van der Waals surface area (Å²) in [7, 11) is 1.85. The van der Waals surface area contributed by atoms with Gasteiger partial charge in [0.05, 0.1) is 5.75 Å². The number of amides is 1. The minimum atomic E-state index is 0.109. The van der Waals surface area contributed by atoms with Gasteiger partial charge in [-0.05, 0) is 36.2 Å². The highest BCUT2D eigenvalue weighted by atomic mass is 32.2. The van der Waals surface area contributed by atoms with Crippen LogP contribution in [0.1, 0.15) is 11.1 Å². The molecule has 5 heteroatoms. The first-order chi connectivity index (χ1) is 11.6. The molecular formula is C19H21NO3S. The van der Waals surface area contributed by atoms with Crippen molar-refractivity contribution in [3.63, 3.8) is 0 Å². The van der Waals surface area contributed by atoms with Gasteiger partial charge in [-0.2, -0.15) is 0 Å². The molecule has 0 radical (unpaired) electrons. The first-order valence-electron chi connectivity index (χ1n) is 7.94. The number of carbonyl (C=O) groups excluding carboxylic acids is 1. The summed E-state index contributed by atoms with van der Waals surface area (Å²) in [4.78, 5) is 15.2. The third kappa shape index (κ3) is 4.03. The molecule has 2 aromatic rings. The lowest BCUT2D eigenvalue weighted by atomic mass is 10.1. The quantitative estimate of drug-likeness (QED) is 0.779. The Kier molecular flexibility index (Phi) is 5.30. The molecule has 0 unspecified atom stereocenters. The predicted molar refractivity (Wildman–Crippen MR) is 95.8 cm³/mol. The molecule has 1 aliphatic rings. The normalized spacial score (nSPS) is 12.8. The smallest absolute Gasteiger partial charge is 0.232 e. The summed E-state index contributed by atoms with van der Waals surface area (Å²) in [5, 5.41) is 0. The molecule has 3 rings (SSSR count). The van der Waals surface area contributed by atoms with Gasteiger partial charge in [-0.3, -0.25) is 4.79 Å². The van der Waals surface area contributed by atoms with E-state index in [-0.39, 0.29) is 5.91 Å². The molecular weight excluding hydrogens is 322 g/mol. The standard InChI is InChI=1S/C19H21NO3S/c1-14-5-3-4-6-15(14)12-20(2)19(21)13-24-16-7-8-17-18(11-16)23-10-9-22-17/h3-8,11H,9-10,12-13H2,1-2H3. The highest BCUT2D eigenvalue weighted by molar-refractivity contribution is 8.00. The molecule has 0 fully saturated rings. The summed E-state index contributed by atoms with van der Waals surface area (Å²) in [5.74, 6) is 2.04. The number of benzene rings is 2. The number of aryl methyl sites for hydroxylation is 1. The maximum absolute atomic E-state index is 12.4. The van der Waals surface area contributed by atoms with E-state index in [9.17, 15) is 4.79 Å². The summed E-state index contributed by atoms with van der Waals surface area (Å²) < 4.78 is 11.1. The molecule has 0 spiro atoms. The molecule has 4 nitrogen and oxygen atoms in total. The van der Waals surface area contributed by atoms with Crippen LogP contribution in [0.15, 0.2) is 47.4 Å². The molecule has 1 heterocycles. The van der Waals surface area contributed by atoms with E-state index in [0.29, 0.717) is 25.5 Å². The van der Waals surface area contributed by atoms with Crippen molar-refractivity contribution in [2.45, 2.75) is 18.4 Å². The number of fused-ring (bicyclic) bond motifs is 1. The van der Waals surface area contributed by atoms with Crippen molar-refractivity contribution in [3.05, 3.63) is 53.6 Å². The van der Waals surface area contributed by atoms with Crippen LogP contribution in [0.3, 0.4) is 0 Å². The molecule has 126 valence electrons. The third-order valence-electron chi connectivity index (χ3n) is 3.97. The largest absolute Gasteiger partial charge is 0.486 e. The molecule has 0 aliphatic carbocycles. The van der Waals surface area contributed by atoms with Gasteiger partial charge in [0.2, 0.25) is 5.91 Å². The number of rotatable bonds is 5. The van der Waals surface area contributed by atoms with Gasteiger partial charge in [-0.15, -0.1) is 11.8 Å². The van der Waals surface area contributed by atoms with Crippen molar-refractivity contribution in [2.24, 2.45) is 0 Å². The Morgan fingerprint density at radius 2 is 1.88 bits per heavy atom. The van der Waals surface area contributed by atoms with Crippen molar-refractivity contribution in [1.29, 1.82) is 0 Å². The minimum absolute atomic E-state index is 0.109. The van der Waals surface area contributed by atoms with Gasteiger partial charge < -0.3 is 14.4 Å². The molecule has 0 saturated heterocycles. The van der Waals surface area contributed by atoms with Gasteiger partial charge in [-0.1, -0.05) is 24.3 Å².